The van der Waals surface area contributed by atoms with Gasteiger partial charge in [-0.15, -0.1) is 0 Å². The van der Waals surface area contributed by atoms with Crippen molar-refractivity contribution in [3.63, 3.8) is 0 Å². The molecule has 2 aromatic carbocycles. The fraction of sp³-hybridized carbons (Fsp3) is 0.111. The third-order valence-corrected chi connectivity index (χ3v) is 3.76. The van der Waals surface area contributed by atoms with Crippen molar-refractivity contribution in [1.29, 1.82) is 0 Å². The fourth-order valence-corrected chi connectivity index (χ4v) is 2.80. The van der Waals surface area contributed by atoms with Crippen molar-refractivity contribution in [2.45, 2.75) is 12.5 Å². The predicted octanol–water partition coefficient (Wildman–Crippen LogP) is 2.68. The molecule has 0 saturated heterocycles. The van der Waals surface area contributed by atoms with Gasteiger partial charge in [0, 0.05) is 5.22 Å². The molecule has 2 aromatic rings. The average Bonchev–Trinajstić information content (AvgIpc) is 2.93. The van der Waals surface area contributed by atoms with Gasteiger partial charge in [-0.05, 0) is 28.9 Å². The molecule has 0 amide bonds. The lowest BCUT2D eigenvalue weighted by atomic mass is 10.0. The topological polar surface area (TPSA) is 9.23 Å². The maximum absolute atomic E-state index is 6.18. The standard InChI is InChI=1S/C18H14O/c1-2-7-14(8-3-1)17-12-15-11-10-13-6-4-5-9-16(13)18(15)19-17/h1-10,12,17H,11H2. The molecular formula is C18H14O. The molecule has 1 unspecified atom stereocenters. The van der Waals surface area contributed by atoms with Crippen LogP contribution in [0.3, 0.4) is 0 Å². The maximum atomic E-state index is 6.18. The molecule has 0 aromatic heterocycles. The molecule has 0 N–H and O–H groups in total. The Bertz CT molecular complexity index is 769. The summed E-state index contributed by atoms with van der Waals surface area (Å²) in [7, 11) is 0. The first kappa shape index (κ1) is 10.6. The van der Waals surface area contributed by atoms with E-state index in [2.05, 4.69) is 60.7 Å². The SMILES string of the molecule is C1=C2CC=c3ccccc3=C2OC1c1ccccc1. The fourth-order valence-electron chi connectivity index (χ4n) is 2.80. The first-order valence-corrected chi connectivity index (χ1v) is 6.64. The van der Waals surface area contributed by atoms with Crippen molar-refractivity contribution in [1.82, 2.24) is 0 Å². The van der Waals surface area contributed by atoms with Gasteiger partial charge in [0.05, 0.1) is 0 Å². The summed E-state index contributed by atoms with van der Waals surface area (Å²) in [4.78, 5) is 0. The van der Waals surface area contributed by atoms with Crippen molar-refractivity contribution in [3.8, 4) is 0 Å². The van der Waals surface area contributed by atoms with Crippen molar-refractivity contribution < 1.29 is 4.74 Å². The zero-order valence-electron chi connectivity index (χ0n) is 10.5. The Morgan fingerprint density at radius 1 is 0.895 bits per heavy atom. The minimum Gasteiger partial charge on any atom is -0.481 e. The molecule has 1 atom stereocenters. The van der Waals surface area contributed by atoms with Gasteiger partial charge in [-0.1, -0.05) is 60.7 Å². The van der Waals surface area contributed by atoms with Crippen LogP contribution in [0.15, 0.2) is 66.2 Å². The van der Waals surface area contributed by atoms with Gasteiger partial charge in [-0.25, -0.2) is 0 Å². The number of ether oxygens (including phenoxy) is 1. The molecule has 92 valence electrons. The second-order valence-corrected chi connectivity index (χ2v) is 4.97. The molecule has 0 spiro atoms. The summed E-state index contributed by atoms with van der Waals surface area (Å²) in [6.45, 7) is 0. The molecule has 1 heteroatoms. The first-order chi connectivity index (χ1) is 9.42. The molecule has 2 aliphatic rings. The highest BCUT2D eigenvalue weighted by molar-refractivity contribution is 5.67. The van der Waals surface area contributed by atoms with Crippen molar-refractivity contribution >= 4 is 11.8 Å². The number of fused-ring (bicyclic) bond motifs is 2. The van der Waals surface area contributed by atoms with Crippen LogP contribution in [-0.4, -0.2) is 0 Å². The van der Waals surface area contributed by atoms with Crippen LogP contribution in [0.25, 0.3) is 11.8 Å². The minimum atomic E-state index is 0.0609. The Labute approximate surface area is 112 Å². The number of rotatable bonds is 1. The molecule has 0 fully saturated rings. The molecule has 4 rings (SSSR count). The smallest absolute Gasteiger partial charge is 0.143 e. The van der Waals surface area contributed by atoms with Crippen molar-refractivity contribution in [2.24, 2.45) is 0 Å². The van der Waals surface area contributed by atoms with Crippen LogP contribution >= 0.6 is 0 Å². The predicted molar refractivity (Wildman–Crippen MR) is 76.5 cm³/mol. The van der Waals surface area contributed by atoms with Crippen LogP contribution in [0, 0.1) is 0 Å². The van der Waals surface area contributed by atoms with E-state index in [9.17, 15) is 0 Å². The van der Waals surface area contributed by atoms with E-state index in [0.29, 0.717) is 0 Å². The highest BCUT2D eigenvalue weighted by Crippen LogP contribution is 2.36. The Hall–Kier alpha value is -2.28. The minimum absolute atomic E-state index is 0.0609. The monoisotopic (exact) mass is 246 g/mol. The quantitative estimate of drug-likeness (QED) is 0.751. The van der Waals surface area contributed by atoms with Crippen LogP contribution in [-0.2, 0) is 4.74 Å². The summed E-state index contributed by atoms with van der Waals surface area (Å²) in [5, 5.41) is 2.50. The maximum Gasteiger partial charge on any atom is 0.143 e. The van der Waals surface area contributed by atoms with E-state index in [1.54, 1.807) is 0 Å². The van der Waals surface area contributed by atoms with E-state index >= 15 is 0 Å². The first-order valence-electron chi connectivity index (χ1n) is 6.64. The summed E-state index contributed by atoms with van der Waals surface area (Å²) < 4.78 is 6.18. The summed E-state index contributed by atoms with van der Waals surface area (Å²) in [5.74, 6) is 1.06. The Kier molecular flexibility index (Phi) is 2.31. The van der Waals surface area contributed by atoms with Gasteiger partial charge >= 0.3 is 0 Å². The van der Waals surface area contributed by atoms with Crippen molar-refractivity contribution in [2.75, 3.05) is 0 Å². The molecule has 0 radical (unpaired) electrons. The molecule has 0 saturated carbocycles. The number of benzene rings is 2. The molecular weight excluding hydrogens is 232 g/mol. The van der Waals surface area contributed by atoms with Gasteiger partial charge in [-0.3, -0.25) is 0 Å². The van der Waals surface area contributed by atoms with Gasteiger partial charge in [0.1, 0.15) is 11.9 Å². The normalized spacial score (nSPS) is 19.9. The van der Waals surface area contributed by atoms with Gasteiger partial charge in [0.2, 0.25) is 0 Å². The summed E-state index contributed by atoms with van der Waals surface area (Å²) in [5.41, 5.74) is 2.53. The van der Waals surface area contributed by atoms with Gasteiger partial charge in [0.25, 0.3) is 0 Å². The molecule has 19 heavy (non-hydrogen) atoms. The lowest BCUT2D eigenvalue weighted by Crippen LogP contribution is -2.29. The highest BCUT2D eigenvalue weighted by atomic mass is 16.5. The zero-order valence-corrected chi connectivity index (χ0v) is 10.5. The van der Waals surface area contributed by atoms with E-state index in [4.69, 9.17) is 4.74 Å². The van der Waals surface area contributed by atoms with Gasteiger partial charge in [-0.2, -0.15) is 0 Å². The van der Waals surface area contributed by atoms with E-state index in [1.807, 2.05) is 6.07 Å². The van der Waals surface area contributed by atoms with E-state index in [0.717, 1.165) is 12.2 Å². The Balaban J connectivity index is 1.84. The highest BCUT2D eigenvalue weighted by Gasteiger charge is 2.24. The third kappa shape index (κ3) is 1.70. The lowest BCUT2D eigenvalue weighted by Gasteiger charge is -2.13. The number of hydrogen-bond acceptors (Lipinski definition) is 1. The van der Waals surface area contributed by atoms with Crippen LogP contribution in [0.5, 0.6) is 0 Å². The second kappa shape index (κ2) is 4.13. The summed E-state index contributed by atoms with van der Waals surface area (Å²) >= 11 is 0. The van der Waals surface area contributed by atoms with Gasteiger partial charge < -0.3 is 4.74 Å². The third-order valence-electron chi connectivity index (χ3n) is 3.76. The van der Waals surface area contributed by atoms with Crippen LogP contribution in [0.1, 0.15) is 18.1 Å². The van der Waals surface area contributed by atoms with E-state index < -0.39 is 0 Å². The van der Waals surface area contributed by atoms with Gasteiger partial charge in [0.15, 0.2) is 0 Å². The molecule has 1 aliphatic carbocycles. The molecule has 1 heterocycles. The Morgan fingerprint density at radius 3 is 2.58 bits per heavy atom. The summed E-state index contributed by atoms with van der Waals surface area (Å²) in [6.07, 6.45) is 5.56. The van der Waals surface area contributed by atoms with Crippen LogP contribution in [0.4, 0.5) is 0 Å². The number of hydrogen-bond donors (Lipinski definition) is 0. The zero-order chi connectivity index (χ0) is 12.7. The van der Waals surface area contributed by atoms with Crippen molar-refractivity contribution in [3.05, 3.63) is 82.2 Å². The van der Waals surface area contributed by atoms with Crippen LogP contribution in [0.2, 0.25) is 0 Å². The average molecular weight is 246 g/mol. The second-order valence-electron chi connectivity index (χ2n) is 4.97. The summed E-state index contributed by atoms with van der Waals surface area (Å²) in [6, 6.07) is 18.8. The Morgan fingerprint density at radius 2 is 1.68 bits per heavy atom. The van der Waals surface area contributed by atoms with E-state index in [-0.39, 0.29) is 6.10 Å². The van der Waals surface area contributed by atoms with Crippen LogP contribution < -0.4 is 10.4 Å². The van der Waals surface area contributed by atoms with E-state index in [1.165, 1.54) is 21.6 Å². The molecule has 1 nitrogen and oxygen atoms in total. The molecule has 0 bridgehead atoms. The lowest BCUT2D eigenvalue weighted by molar-refractivity contribution is 0.229. The molecule has 1 aliphatic heterocycles. The largest absolute Gasteiger partial charge is 0.481 e.